The van der Waals surface area contributed by atoms with Gasteiger partial charge in [0.25, 0.3) is 5.91 Å². The average Bonchev–Trinajstić information content (AvgIpc) is 3.01. The summed E-state index contributed by atoms with van der Waals surface area (Å²) in [7, 11) is 1.26. The topological polar surface area (TPSA) is 93.5 Å². The summed E-state index contributed by atoms with van der Waals surface area (Å²) in [5.41, 5.74) is 1.87. The zero-order valence-corrected chi connectivity index (χ0v) is 14.6. The molecule has 0 saturated heterocycles. The van der Waals surface area contributed by atoms with Crippen molar-refractivity contribution in [2.45, 2.75) is 25.9 Å². The van der Waals surface area contributed by atoms with Gasteiger partial charge in [0.1, 0.15) is 12.6 Å². The average molecular weight is 356 g/mol. The summed E-state index contributed by atoms with van der Waals surface area (Å²) in [5, 5.41) is 2.65. The van der Waals surface area contributed by atoms with Crippen molar-refractivity contribution in [3.05, 3.63) is 47.9 Å². The van der Waals surface area contributed by atoms with Crippen LogP contribution in [0.3, 0.4) is 0 Å². The molecule has 0 bridgehead atoms. The first-order valence-electron chi connectivity index (χ1n) is 8.22. The van der Waals surface area contributed by atoms with Crippen LogP contribution in [0, 0.1) is 0 Å². The maximum atomic E-state index is 12.7. The monoisotopic (exact) mass is 356 g/mol. The van der Waals surface area contributed by atoms with E-state index in [4.69, 9.17) is 0 Å². The van der Waals surface area contributed by atoms with Crippen LogP contribution in [0.1, 0.15) is 18.2 Å². The fourth-order valence-electron chi connectivity index (χ4n) is 3.03. The van der Waals surface area contributed by atoms with Crippen LogP contribution in [0.15, 0.2) is 36.7 Å². The van der Waals surface area contributed by atoms with Crippen molar-refractivity contribution >= 4 is 23.6 Å². The molecule has 2 aromatic rings. The number of carbonyl (C=O) groups excluding carboxylic acids is 3. The van der Waals surface area contributed by atoms with Crippen molar-refractivity contribution in [3.8, 4) is 0 Å². The largest absolute Gasteiger partial charge is 0.468 e. The lowest BCUT2D eigenvalue weighted by atomic mass is 10.0. The normalized spacial score (nSPS) is 16.2. The number of esters is 1. The summed E-state index contributed by atoms with van der Waals surface area (Å²) < 4.78 is 6.61. The van der Waals surface area contributed by atoms with Crippen LogP contribution in [0.2, 0.25) is 0 Å². The molecule has 1 aromatic carbocycles. The minimum Gasteiger partial charge on any atom is -0.468 e. The second kappa shape index (κ2) is 7.38. The van der Waals surface area contributed by atoms with Crippen molar-refractivity contribution in [1.82, 2.24) is 14.9 Å². The molecular weight excluding hydrogens is 336 g/mol. The molecule has 3 rings (SSSR count). The molecule has 136 valence electrons. The summed E-state index contributed by atoms with van der Waals surface area (Å²) in [6.07, 6.45) is 1.96. The third kappa shape index (κ3) is 3.58. The SMILES string of the molecule is COC(=O)CN1C(=O)[C@@H](NC(C)=O)Cc2c1ncn2Cc1ccccc1. The molecule has 0 unspecified atom stereocenters. The van der Waals surface area contributed by atoms with Gasteiger partial charge in [0, 0.05) is 19.9 Å². The molecule has 0 spiro atoms. The van der Waals surface area contributed by atoms with Crippen LogP contribution in [0.25, 0.3) is 0 Å². The van der Waals surface area contributed by atoms with E-state index in [1.807, 2.05) is 34.9 Å². The Morgan fingerprint density at radius 1 is 1.31 bits per heavy atom. The van der Waals surface area contributed by atoms with Gasteiger partial charge in [-0.2, -0.15) is 0 Å². The molecule has 0 aliphatic carbocycles. The van der Waals surface area contributed by atoms with E-state index in [1.54, 1.807) is 6.33 Å². The summed E-state index contributed by atoms with van der Waals surface area (Å²) >= 11 is 0. The molecule has 0 fully saturated rings. The summed E-state index contributed by atoms with van der Waals surface area (Å²) in [4.78, 5) is 41.5. The van der Waals surface area contributed by atoms with E-state index in [9.17, 15) is 14.4 Å². The van der Waals surface area contributed by atoms with E-state index in [2.05, 4.69) is 15.0 Å². The Balaban J connectivity index is 1.95. The van der Waals surface area contributed by atoms with Gasteiger partial charge in [-0.05, 0) is 5.56 Å². The molecule has 2 amide bonds. The number of aromatic nitrogens is 2. The number of fused-ring (bicyclic) bond motifs is 1. The Kier molecular flexibility index (Phi) is 5.01. The fraction of sp³-hybridized carbons (Fsp3) is 0.333. The Bertz CT molecular complexity index is 831. The summed E-state index contributed by atoms with van der Waals surface area (Å²) in [6.45, 7) is 1.69. The third-order valence-electron chi connectivity index (χ3n) is 4.23. The molecule has 8 heteroatoms. The van der Waals surface area contributed by atoms with E-state index >= 15 is 0 Å². The molecular formula is C18H20N4O4. The molecule has 26 heavy (non-hydrogen) atoms. The maximum absolute atomic E-state index is 12.7. The number of amides is 2. The smallest absolute Gasteiger partial charge is 0.325 e. The van der Waals surface area contributed by atoms with Gasteiger partial charge in [-0.25, -0.2) is 4.98 Å². The number of nitrogens with one attached hydrogen (secondary N) is 1. The number of methoxy groups -OCH3 is 1. The van der Waals surface area contributed by atoms with Gasteiger partial charge in [-0.3, -0.25) is 19.3 Å². The van der Waals surface area contributed by atoms with Gasteiger partial charge < -0.3 is 14.6 Å². The highest BCUT2D eigenvalue weighted by molar-refractivity contribution is 6.03. The predicted molar refractivity (Wildman–Crippen MR) is 93.4 cm³/mol. The first-order chi connectivity index (χ1) is 12.5. The van der Waals surface area contributed by atoms with Gasteiger partial charge in [0.05, 0.1) is 19.1 Å². The van der Waals surface area contributed by atoms with Crippen LogP contribution in [-0.2, 0) is 32.1 Å². The summed E-state index contributed by atoms with van der Waals surface area (Å²) in [6, 6.07) is 9.10. The van der Waals surface area contributed by atoms with Crippen LogP contribution in [0.5, 0.6) is 0 Å². The van der Waals surface area contributed by atoms with Crippen molar-refractivity contribution in [2.24, 2.45) is 0 Å². The predicted octanol–water partition coefficient (Wildman–Crippen LogP) is 0.498. The van der Waals surface area contributed by atoms with E-state index in [0.29, 0.717) is 18.8 Å². The van der Waals surface area contributed by atoms with Crippen molar-refractivity contribution in [1.29, 1.82) is 0 Å². The maximum Gasteiger partial charge on any atom is 0.325 e. The van der Waals surface area contributed by atoms with Crippen molar-refractivity contribution in [2.75, 3.05) is 18.6 Å². The van der Waals surface area contributed by atoms with E-state index in [-0.39, 0.29) is 18.4 Å². The number of benzene rings is 1. The first-order valence-corrected chi connectivity index (χ1v) is 8.22. The number of rotatable bonds is 5. The zero-order valence-electron chi connectivity index (χ0n) is 14.6. The molecule has 1 aliphatic heterocycles. The highest BCUT2D eigenvalue weighted by atomic mass is 16.5. The summed E-state index contributed by atoms with van der Waals surface area (Å²) in [5.74, 6) is -0.801. The van der Waals surface area contributed by atoms with Crippen LogP contribution < -0.4 is 10.2 Å². The zero-order chi connectivity index (χ0) is 18.7. The number of hydrogen-bond donors (Lipinski definition) is 1. The number of hydrogen-bond acceptors (Lipinski definition) is 5. The molecule has 8 nitrogen and oxygen atoms in total. The first kappa shape index (κ1) is 17.7. The number of ether oxygens (including phenoxy) is 1. The number of anilines is 1. The van der Waals surface area contributed by atoms with E-state index in [0.717, 1.165) is 11.3 Å². The number of imidazole rings is 1. The van der Waals surface area contributed by atoms with Gasteiger partial charge in [-0.1, -0.05) is 30.3 Å². The Morgan fingerprint density at radius 3 is 2.69 bits per heavy atom. The van der Waals surface area contributed by atoms with Gasteiger partial charge in [0.15, 0.2) is 5.82 Å². The van der Waals surface area contributed by atoms with Gasteiger partial charge >= 0.3 is 5.97 Å². The van der Waals surface area contributed by atoms with E-state index in [1.165, 1.54) is 18.9 Å². The van der Waals surface area contributed by atoms with E-state index < -0.39 is 12.0 Å². The minimum absolute atomic E-state index is 0.249. The quantitative estimate of drug-likeness (QED) is 0.788. The molecule has 1 N–H and O–H groups in total. The Morgan fingerprint density at radius 2 is 2.04 bits per heavy atom. The third-order valence-corrected chi connectivity index (χ3v) is 4.23. The lowest BCUT2D eigenvalue weighted by Gasteiger charge is -2.31. The molecule has 0 saturated carbocycles. The van der Waals surface area contributed by atoms with Crippen LogP contribution in [-0.4, -0.2) is 47.0 Å². The standard InChI is InChI=1S/C18H20N4O4/c1-12(23)20-14-8-15-17(22(18(14)25)10-16(24)26-2)19-11-21(15)9-13-6-4-3-5-7-13/h3-7,11,14H,8-10H2,1-2H3,(H,20,23)/t14-/m0/s1. The minimum atomic E-state index is -0.740. The Labute approximate surface area is 150 Å². The molecule has 0 radical (unpaired) electrons. The van der Waals surface area contributed by atoms with Gasteiger partial charge in [0.2, 0.25) is 5.91 Å². The van der Waals surface area contributed by atoms with Crippen molar-refractivity contribution < 1.29 is 19.1 Å². The lowest BCUT2D eigenvalue weighted by molar-refractivity contribution is -0.140. The lowest BCUT2D eigenvalue weighted by Crippen LogP contribution is -2.54. The highest BCUT2D eigenvalue weighted by Gasteiger charge is 2.37. The molecule has 2 heterocycles. The molecule has 1 aromatic heterocycles. The molecule has 1 atom stereocenters. The van der Waals surface area contributed by atoms with Crippen LogP contribution in [0.4, 0.5) is 5.82 Å². The second-order valence-corrected chi connectivity index (χ2v) is 6.09. The van der Waals surface area contributed by atoms with Gasteiger partial charge in [-0.15, -0.1) is 0 Å². The van der Waals surface area contributed by atoms with Crippen LogP contribution >= 0.6 is 0 Å². The highest BCUT2D eigenvalue weighted by Crippen LogP contribution is 2.27. The number of nitrogens with zero attached hydrogens (tertiary/aromatic N) is 3. The number of carbonyl (C=O) groups is 3. The van der Waals surface area contributed by atoms with Crippen molar-refractivity contribution in [3.63, 3.8) is 0 Å². The fourth-order valence-corrected chi connectivity index (χ4v) is 3.03. The second-order valence-electron chi connectivity index (χ2n) is 6.09. The Hall–Kier alpha value is -3.16. The molecule has 1 aliphatic rings.